The highest BCUT2D eigenvalue weighted by Gasteiger charge is 2.39. The Labute approximate surface area is 417 Å². The van der Waals surface area contributed by atoms with E-state index >= 15 is 0 Å². The minimum Gasteiger partial charge on any atom is -0.378 e. The molecule has 2 rings (SSSR count). The number of aldehydes is 3. The zero-order valence-corrected chi connectivity index (χ0v) is 45.0. The second kappa shape index (κ2) is 48.8. The van der Waals surface area contributed by atoms with E-state index in [1.807, 2.05) is 0 Å². The molecule has 0 amide bonds. The molecule has 378 valence electrons. The molecule has 2 aliphatic rings. The Morgan fingerprint density at radius 3 is 1.56 bits per heavy atom. The number of alkyl halides is 9. The van der Waals surface area contributed by atoms with Crippen LogP contribution < -0.4 is 30.5 Å². The lowest BCUT2D eigenvalue weighted by Crippen LogP contribution is -2.43. The molecule has 0 aromatic rings. The van der Waals surface area contributed by atoms with Crippen molar-refractivity contribution >= 4 is 154 Å². The number of carbonyl (C=O) groups excluding carboxylic acids is 3. The van der Waals surface area contributed by atoms with Gasteiger partial charge in [-0.1, -0.05) is 6.58 Å². The van der Waals surface area contributed by atoms with E-state index in [-0.39, 0.29) is 31.4 Å². The maximum absolute atomic E-state index is 12.2. The molecule has 63 heavy (non-hydrogen) atoms. The summed E-state index contributed by atoms with van der Waals surface area (Å²) in [5.41, 5.74) is 0. The third kappa shape index (κ3) is 41.3. The molecule has 0 radical (unpaired) electrons. The predicted molar refractivity (Wildman–Crippen MR) is 262 cm³/mol. The number of carbonyl (C=O) groups is 3. The number of halogens is 9. The minimum atomic E-state index is -3.39. The Kier molecular flexibility index (Phi) is 55.2. The third-order valence-electron chi connectivity index (χ3n) is 6.33. The normalized spacial score (nSPS) is 20.0. The second-order valence-corrected chi connectivity index (χ2v) is 22.4. The maximum Gasteiger partial charge on any atom is 0.345 e. The molecule has 0 spiro atoms. The van der Waals surface area contributed by atoms with E-state index in [0.717, 1.165) is 13.0 Å². The zero-order chi connectivity index (χ0) is 48.9. The van der Waals surface area contributed by atoms with E-state index in [0.29, 0.717) is 125 Å². The fourth-order valence-electron chi connectivity index (χ4n) is 3.89. The maximum atomic E-state index is 12.2. The van der Waals surface area contributed by atoms with Crippen LogP contribution in [0.2, 0.25) is 0 Å². The van der Waals surface area contributed by atoms with Crippen LogP contribution in [0, 0.1) is 0 Å². The van der Waals surface area contributed by atoms with Crippen LogP contribution in [-0.4, -0.2) is 176 Å². The molecule has 2 aliphatic heterocycles. The summed E-state index contributed by atoms with van der Waals surface area (Å²) < 4.78 is 66.0. The molecule has 20 nitrogen and oxygen atoms in total. The van der Waals surface area contributed by atoms with Crippen molar-refractivity contribution in [3.63, 3.8) is 0 Å². The highest BCUT2D eigenvalue weighted by molar-refractivity contribution is 7.55. The van der Waals surface area contributed by atoms with Gasteiger partial charge in [-0.3, -0.25) is 23.1 Å². The average Bonchev–Trinajstić information content (AvgIpc) is 3.28. The first-order chi connectivity index (χ1) is 30.0. The molecule has 0 aromatic heterocycles. The van der Waals surface area contributed by atoms with Gasteiger partial charge in [0.15, 0.2) is 0 Å². The summed E-state index contributed by atoms with van der Waals surface area (Å²) in [6, 6.07) is 0. The van der Waals surface area contributed by atoms with E-state index in [1.54, 1.807) is 4.67 Å². The molecule has 2 fully saturated rings. The number of nitrogens with zero attached hydrogens (tertiary/aromatic N) is 2. The van der Waals surface area contributed by atoms with Gasteiger partial charge in [0, 0.05) is 119 Å². The standard InChI is InChI=1S/2C7H15Cl2N2O3P.C7H15Cl2N2O2P.C4H11Cl2N2O2P.C3H4O.C2H3ClO/c8-2-4-10-15(13)11(5-3-9)7(12)1-6-14-15;8-2-4-10-15(13,11-5-3-9)14-7-1-6-12;8-2-4-10-14(12)11(6-3-9)5-1-7-13-14;5-1-3-7-11(9,10)8-4-2-6;1-2-3-4;3-1-2-4/h7,12H,1-6H2,(H,10,13);6H,1-5,7H2,(H2,10,11,13);1-7H2,(H,10,12);1-4H2,(H3,7,8,9,10);2-3H,1H2;2H,1H2. The van der Waals surface area contributed by atoms with Crippen molar-refractivity contribution in [1.82, 2.24) is 39.9 Å². The number of allylic oxidation sites excluding steroid dienone is 1. The lowest BCUT2D eigenvalue weighted by Gasteiger charge is -2.38. The van der Waals surface area contributed by atoms with E-state index < -0.39 is 36.9 Å². The van der Waals surface area contributed by atoms with Crippen LogP contribution >= 0.6 is 135 Å². The molecule has 0 aromatic carbocycles. The summed E-state index contributed by atoms with van der Waals surface area (Å²) in [5, 5.41) is 25.3. The van der Waals surface area contributed by atoms with Crippen molar-refractivity contribution < 1.29 is 56.2 Å². The third-order valence-corrected chi connectivity index (χ3v) is 15.7. The number of nitrogens with one attached hydrogen (secondary N) is 6. The summed E-state index contributed by atoms with van der Waals surface area (Å²) in [5.74, 6) is 2.84. The van der Waals surface area contributed by atoms with Crippen LogP contribution in [0.5, 0.6) is 0 Å². The van der Waals surface area contributed by atoms with Crippen LogP contribution in [0.15, 0.2) is 12.7 Å². The first kappa shape index (κ1) is 71.3. The highest BCUT2D eigenvalue weighted by atomic mass is 35.5. The number of rotatable bonds is 28. The Hall–Kier alpha value is 1.76. The van der Waals surface area contributed by atoms with Crippen LogP contribution in [0.3, 0.4) is 0 Å². The topological polar surface area (TPSA) is 266 Å². The summed E-state index contributed by atoms with van der Waals surface area (Å²) in [4.78, 5) is 37.2. The van der Waals surface area contributed by atoms with Crippen molar-refractivity contribution in [1.29, 1.82) is 0 Å². The number of aliphatic hydroxyl groups excluding tert-OH is 1. The highest BCUT2D eigenvalue weighted by Crippen LogP contribution is 2.51. The van der Waals surface area contributed by atoms with Gasteiger partial charge in [-0.2, -0.15) is 4.67 Å². The van der Waals surface area contributed by atoms with Crippen LogP contribution in [0.1, 0.15) is 19.3 Å². The SMILES string of the molecule is C=CC=O.O=CCCOP(=O)(NCCCl)NCCCl.O=CCCl.O=P(O)(NCCCl)NCCCl.O=P1(NCCCl)OCCC(O)N1CCCl.O=P1(NCCCl)OCCCN1CCCl. The molecule has 2 heterocycles. The van der Waals surface area contributed by atoms with Crippen molar-refractivity contribution in [2.45, 2.75) is 25.5 Å². The van der Waals surface area contributed by atoms with Gasteiger partial charge >= 0.3 is 30.7 Å². The van der Waals surface area contributed by atoms with Gasteiger partial charge in [0.25, 0.3) is 0 Å². The molecular formula is C30H63Cl9N8O12P4. The molecule has 8 N–H and O–H groups in total. The predicted octanol–water partition coefficient (Wildman–Crippen LogP) is 5.98. The van der Waals surface area contributed by atoms with Gasteiger partial charge in [0.2, 0.25) is 0 Å². The van der Waals surface area contributed by atoms with Gasteiger partial charge in [0.1, 0.15) is 25.1 Å². The monoisotopic (exact) mass is 1170 g/mol. The summed E-state index contributed by atoms with van der Waals surface area (Å²) in [6.07, 6.45) is 3.93. The largest absolute Gasteiger partial charge is 0.378 e. The summed E-state index contributed by atoms with van der Waals surface area (Å²) in [7, 11) is -12.5. The Balaban J connectivity index is -0.000000349. The average molecular weight is 1170 g/mol. The van der Waals surface area contributed by atoms with Crippen LogP contribution in [0.25, 0.3) is 0 Å². The number of hydrogen-bond donors (Lipinski definition) is 8. The number of aliphatic hydroxyl groups is 1. The van der Waals surface area contributed by atoms with E-state index in [1.165, 1.54) is 10.7 Å². The van der Waals surface area contributed by atoms with Crippen molar-refractivity contribution in [2.75, 3.05) is 132 Å². The molecule has 3 atom stereocenters. The van der Waals surface area contributed by atoms with Gasteiger partial charge in [-0.15, -0.1) is 104 Å². The van der Waals surface area contributed by atoms with E-state index in [2.05, 4.69) is 37.1 Å². The first-order valence-corrected chi connectivity index (χ1v) is 30.0. The minimum absolute atomic E-state index is 0.103. The van der Waals surface area contributed by atoms with Gasteiger partial charge in [-0.05, 0) is 12.5 Å². The molecule has 0 bridgehead atoms. The van der Waals surface area contributed by atoms with Gasteiger partial charge in [-0.25, -0.2) is 35.2 Å². The van der Waals surface area contributed by atoms with Crippen LogP contribution in [0.4, 0.5) is 0 Å². The summed E-state index contributed by atoms with van der Waals surface area (Å²) in [6.45, 7) is 7.83. The fourth-order valence-corrected chi connectivity index (χ4v) is 12.3. The number of hydrogen-bond acceptors (Lipinski definition) is 11. The molecular weight excluding hydrogens is 1110 g/mol. The van der Waals surface area contributed by atoms with Crippen LogP contribution in [-0.2, 0) is 46.2 Å². The summed E-state index contributed by atoms with van der Waals surface area (Å²) >= 11 is 48.5. The smallest absolute Gasteiger partial charge is 0.345 e. The lowest BCUT2D eigenvalue weighted by atomic mass is 10.4. The Bertz CT molecular complexity index is 1290. The van der Waals surface area contributed by atoms with E-state index in [4.69, 9.17) is 132 Å². The Morgan fingerprint density at radius 1 is 0.698 bits per heavy atom. The lowest BCUT2D eigenvalue weighted by molar-refractivity contribution is -0.108. The van der Waals surface area contributed by atoms with Crippen molar-refractivity contribution in [2.24, 2.45) is 0 Å². The van der Waals surface area contributed by atoms with Crippen molar-refractivity contribution in [3.8, 4) is 0 Å². The molecule has 33 heteroatoms. The molecule has 0 saturated carbocycles. The first-order valence-electron chi connectivity index (χ1n) is 18.8. The van der Waals surface area contributed by atoms with Gasteiger partial charge in [0.05, 0.1) is 25.7 Å². The zero-order valence-electron chi connectivity index (χ0n) is 34.6. The van der Waals surface area contributed by atoms with E-state index in [9.17, 15) is 28.2 Å². The second-order valence-electron chi connectivity index (χ2n) is 11.0. The fraction of sp³-hybridized carbons (Fsp3) is 0.833. The quantitative estimate of drug-likeness (QED) is 0.0147. The molecule has 2 saturated heterocycles. The van der Waals surface area contributed by atoms with Gasteiger partial charge < -0.3 is 33.2 Å². The molecule has 3 unspecified atom stereocenters. The Morgan fingerprint density at radius 2 is 1.14 bits per heavy atom. The molecule has 0 aliphatic carbocycles. The van der Waals surface area contributed by atoms with Crippen molar-refractivity contribution in [3.05, 3.63) is 12.7 Å².